The minimum Gasteiger partial charge on any atom is -0.489 e. The Balaban J connectivity index is 1.84. The van der Waals surface area contributed by atoms with Gasteiger partial charge in [-0.2, -0.15) is 0 Å². The van der Waals surface area contributed by atoms with E-state index in [0.29, 0.717) is 6.61 Å². The van der Waals surface area contributed by atoms with Crippen molar-refractivity contribution in [2.24, 2.45) is 0 Å². The molecule has 3 aromatic rings. The molecule has 0 bridgehead atoms. The Bertz CT molecular complexity index is 747. The number of H-pyrrole nitrogens is 1. The molecule has 4 nitrogen and oxygen atoms in total. The molecule has 0 aliphatic carbocycles. The largest absolute Gasteiger partial charge is 0.489 e. The van der Waals surface area contributed by atoms with Gasteiger partial charge in [0.1, 0.15) is 12.4 Å². The second-order valence-corrected chi connectivity index (χ2v) is 4.48. The molecule has 0 saturated carbocycles. The van der Waals surface area contributed by atoms with Crippen molar-refractivity contribution in [1.82, 2.24) is 4.98 Å². The van der Waals surface area contributed by atoms with Crippen LogP contribution in [0.1, 0.15) is 15.9 Å². The van der Waals surface area contributed by atoms with Crippen LogP contribution in [0, 0.1) is 0 Å². The van der Waals surface area contributed by atoms with Gasteiger partial charge in [-0.1, -0.05) is 24.3 Å². The predicted molar refractivity (Wildman–Crippen MR) is 76.0 cm³/mol. The van der Waals surface area contributed by atoms with Crippen molar-refractivity contribution in [3.63, 3.8) is 0 Å². The molecular formula is C16H13NO3. The van der Waals surface area contributed by atoms with Crippen LogP contribution in [-0.2, 0) is 6.61 Å². The number of hydrogen-bond donors (Lipinski definition) is 2. The van der Waals surface area contributed by atoms with E-state index >= 15 is 0 Å². The highest BCUT2D eigenvalue weighted by atomic mass is 16.5. The predicted octanol–water partition coefficient (Wildman–Crippen LogP) is 3.45. The maximum atomic E-state index is 10.9. The van der Waals surface area contributed by atoms with Gasteiger partial charge in [0.2, 0.25) is 0 Å². The van der Waals surface area contributed by atoms with E-state index in [1.165, 1.54) is 0 Å². The van der Waals surface area contributed by atoms with Crippen LogP contribution in [-0.4, -0.2) is 16.1 Å². The van der Waals surface area contributed by atoms with Crippen molar-refractivity contribution in [3.8, 4) is 5.75 Å². The third kappa shape index (κ3) is 2.36. The van der Waals surface area contributed by atoms with Gasteiger partial charge in [-0.15, -0.1) is 0 Å². The van der Waals surface area contributed by atoms with Crippen LogP contribution in [0.2, 0.25) is 0 Å². The number of hydrogen-bond acceptors (Lipinski definition) is 2. The Morgan fingerprint density at radius 3 is 2.70 bits per heavy atom. The van der Waals surface area contributed by atoms with Crippen LogP contribution < -0.4 is 4.74 Å². The summed E-state index contributed by atoms with van der Waals surface area (Å²) in [6.07, 6.45) is 1.85. The van der Waals surface area contributed by atoms with E-state index in [4.69, 9.17) is 9.84 Å². The quantitative estimate of drug-likeness (QED) is 0.761. The monoisotopic (exact) mass is 267 g/mol. The minimum absolute atomic E-state index is 0.273. The zero-order valence-electron chi connectivity index (χ0n) is 10.7. The summed E-state index contributed by atoms with van der Waals surface area (Å²) in [6.45, 7) is 0.441. The van der Waals surface area contributed by atoms with Crippen molar-refractivity contribution in [3.05, 3.63) is 65.9 Å². The molecule has 20 heavy (non-hydrogen) atoms. The lowest BCUT2D eigenvalue weighted by Crippen LogP contribution is -1.96. The number of para-hydroxylation sites is 1. The molecule has 0 radical (unpaired) electrons. The molecule has 0 spiro atoms. The summed E-state index contributed by atoms with van der Waals surface area (Å²) < 4.78 is 5.70. The van der Waals surface area contributed by atoms with E-state index in [9.17, 15) is 4.79 Å². The molecule has 0 aliphatic heterocycles. The molecule has 0 fully saturated rings. The molecular weight excluding hydrogens is 254 g/mol. The Labute approximate surface area is 115 Å². The summed E-state index contributed by atoms with van der Waals surface area (Å²) >= 11 is 0. The van der Waals surface area contributed by atoms with E-state index in [-0.39, 0.29) is 5.56 Å². The zero-order chi connectivity index (χ0) is 13.9. The highest BCUT2D eigenvalue weighted by Gasteiger charge is 2.08. The fourth-order valence-corrected chi connectivity index (χ4v) is 2.12. The smallest absolute Gasteiger partial charge is 0.335 e. The number of fused-ring (bicyclic) bond motifs is 1. The third-order valence-corrected chi connectivity index (χ3v) is 3.15. The summed E-state index contributed by atoms with van der Waals surface area (Å²) in [4.78, 5) is 14.0. The number of nitrogens with one attached hydrogen (secondary N) is 1. The Morgan fingerprint density at radius 1 is 1.15 bits per heavy atom. The molecule has 0 amide bonds. The highest BCUT2D eigenvalue weighted by Crippen LogP contribution is 2.21. The Morgan fingerprint density at radius 2 is 1.95 bits per heavy atom. The van der Waals surface area contributed by atoms with Gasteiger partial charge in [0.25, 0.3) is 0 Å². The Hall–Kier alpha value is -2.75. The second-order valence-electron chi connectivity index (χ2n) is 4.48. The van der Waals surface area contributed by atoms with E-state index in [2.05, 4.69) is 4.98 Å². The summed E-state index contributed by atoms with van der Waals surface area (Å²) in [5.41, 5.74) is 2.08. The normalized spacial score (nSPS) is 10.6. The number of carboxylic acids is 1. The summed E-state index contributed by atoms with van der Waals surface area (Å²) in [5, 5.41) is 9.94. The fourth-order valence-electron chi connectivity index (χ4n) is 2.12. The average Bonchev–Trinajstić information content (AvgIpc) is 2.88. The van der Waals surface area contributed by atoms with Crippen molar-refractivity contribution >= 4 is 16.9 Å². The average molecular weight is 267 g/mol. The first-order valence-electron chi connectivity index (χ1n) is 6.25. The number of benzene rings is 2. The number of rotatable bonds is 4. The van der Waals surface area contributed by atoms with E-state index in [1.54, 1.807) is 18.2 Å². The van der Waals surface area contributed by atoms with Gasteiger partial charge < -0.3 is 14.8 Å². The van der Waals surface area contributed by atoms with Gasteiger partial charge in [-0.05, 0) is 24.3 Å². The maximum Gasteiger partial charge on any atom is 0.335 e. The van der Waals surface area contributed by atoms with Gasteiger partial charge in [0.05, 0.1) is 5.56 Å². The molecule has 2 aromatic carbocycles. The topological polar surface area (TPSA) is 62.3 Å². The van der Waals surface area contributed by atoms with Crippen molar-refractivity contribution in [2.75, 3.05) is 0 Å². The van der Waals surface area contributed by atoms with Gasteiger partial charge in [-0.25, -0.2) is 4.79 Å². The number of aromatic carboxylic acids is 1. The number of ether oxygens (including phenoxy) is 1. The molecule has 0 atom stereocenters. The van der Waals surface area contributed by atoms with Crippen LogP contribution in [0.3, 0.4) is 0 Å². The van der Waals surface area contributed by atoms with Crippen molar-refractivity contribution in [2.45, 2.75) is 6.61 Å². The molecule has 0 saturated heterocycles. The maximum absolute atomic E-state index is 10.9. The van der Waals surface area contributed by atoms with Crippen LogP contribution in [0.5, 0.6) is 5.75 Å². The van der Waals surface area contributed by atoms with Gasteiger partial charge in [0, 0.05) is 22.7 Å². The fraction of sp³-hybridized carbons (Fsp3) is 0.0625. The van der Waals surface area contributed by atoms with Gasteiger partial charge in [-0.3, -0.25) is 0 Å². The zero-order valence-corrected chi connectivity index (χ0v) is 10.7. The SMILES string of the molecule is O=C(O)c1ccc2c(COc3ccccc3)c[nH]c2c1. The number of aromatic amines is 1. The molecule has 4 heteroatoms. The van der Waals surface area contributed by atoms with Crippen LogP contribution in [0.25, 0.3) is 10.9 Å². The minimum atomic E-state index is -0.927. The second kappa shape index (κ2) is 5.09. The summed E-state index contributed by atoms with van der Waals surface area (Å²) in [5.74, 6) is -0.118. The lowest BCUT2D eigenvalue weighted by atomic mass is 10.1. The van der Waals surface area contributed by atoms with Crippen LogP contribution in [0.15, 0.2) is 54.7 Å². The van der Waals surface area contributed by atoms with Gasteiger partial charge >= 0.3 is 5.97 Å². The molecule has 3 rings (SSSR count). The number of carboxylic acid groups (broad SMARTS) is 1. The molecule has 0 unspecified atom stereocenters. The van der Waals surface area contributed by atoms with Crippen LogP contribution >= 0.6 is 0 Å². The van der Waals surface area contributed by atoms with E-state index < -0.39 is 5.97 Å². The molecule has 1 heterocycles. The lowest BCUT2D eigenvalue weighted by molar-refractivity contribution is 0.0697. The molecule has 100 valence electrons. The molecule has 1 aromatic heterocycles. The first-order chi connectivity index (χ1) is 9.74. The highest BCUT2D eigenvalue weighted by molar-refractivity contribution is 5.94. The van der Waals surface area contributed by atoms with E-state index in [1.807, 2.05) is 36.5 Å². The molecule has 2 N–H and O–H groups in total. The Kier molecular flexibility index (Phi) is 3.13. The number of carbonyl (C=O) groups is 1. The number of aromatic nitrogens is 1. The van der Waals surface area contributed by atoms with E-state index in [0.717, 1.165) is 22.2 Å². The lowest BCUT2D eigenvalue weighted by Gasteiger charge is -2.04. The van der Waals surface area contributed by atoms with Gasteiger partial charge in [0.15, 0.2) is 0 Å². The van der Waals surface area contributed by atoms with Crippen molar-refractivity contribution < 1.29 is 14.6 Å². The first-order valence-corrected chi connectivity index (χ1v) is 6.25. The molecule has 0 aliphatic rings. The van der Waals surface area contributed by atoms with Crippen LogP contribution in [0.4, 0.5) is 0 Å². The third-order valence-electron chi connectivity index (χ3n) is 3.15. The van der Waals surface area contributed by atoms with Crippen molar-refractivity contribution in [1.29, 1.82) is 0 Å². The first kappa shape index (κ1) is 12.3. The summed E-state index contributed by atoms with van der Waals surface area (Å²) in [7, 11) is 0. The summed E-state index contributed by atoms with van der Waals surface area (Å²) in [6, 6.07) is 14.6. The standard InChI is InChI=1S/C16H13NO3/c18-16(19)11-6-7-14-12(9-17-15(14)8-11)10-20-13-4-2-1-3-5-13/h1-9,17H,10H2,(H,18,19).